The molecule has 0 radical (unpaired) electrons. The summed E-state index contributed by atoms with van der Waals surface area (Å²) in [6.07, 6.45) is 2.65. The Bertz CT molecular complexity index is 758. The van der Waals surface area contributed by atoms with Gasteiger partial charge in [-0.25, -0.2) is 4.79 Å². The zero-order valence-corrected chi connectivity index (χ0v) is 14.7. The van der Waals surface area contributed by atoms with Crippen molar-refractivity contribution in [3.63, 3.8) is 0 Å². The average molecular weight is 342 g/mol. The van der Waals surface area contributed by atoms with Gasteiger partial charge in [0.25, 0.3) is 0 Å². The van der Waals surface area contributed by atoms with Crippen LogP contribution in [0.1, 0.15) is 29.7 Å². The van der Waals surface area contributed by atoms with Crippen molar-refractivity contribution in [2.45, 2.75) is 30.8 Å². The molecule has 0 saturated heterocycles. The van der Waals surface area contributed by atoms with E-state index in [9.17, 15) is 9.00 Å². The molecule has 126 valence electrons. The summed E-state index contributed by atoms with van der Waals surface area (Å²) in [5.74, 6) is 0.395. The van der Waals surface area contributed by atoms with E-state index in [4.69, 9.17) is 0 Å². The molecule has 2 amide bonds. The van der Waals surface area contributed by atoms with Crippen molar-refractivity contribution < 1.29 is 9.00 Å². The Balaban J connectivity index is 1.57. The minimum atomic E-state index is -0.978. The first-order valence-electron chi connectivity index (χ1n) is 8.09. The summed E-state index contributed by atoms with van der Waals surface area (Å²) in [4.78, 5) is 13.0. The van der Waals surface area contributed by atoms with Crippen molar-refractivity contribution in [3.05, 3.63) is 65.2 Å². The first kappa shape index (κ1) is 16.7. The van der Waals surface area contributed by atoms with Crippen LogP contribution in [0.3, 0.4) is 0 Å². The molecular weight excluding hydrogens is 320 g/mol. The molecule has 0 saturated carbocycles. The van der Waals surface area contributed by atoms with Gasteiger partial charge in [0, 0.05) is 28.5 Å². The minimum absolute atomic E-state index is 0.0612. The number of carbonyl (C=O) groups is 1. The topological polar surface area (TPSA) is 58.2 Å². The van der Waals surface area contributed by atoms with Gasteiger partial charge in [-0.3, -0.25) is 4.21 Å². The van der Waals surface area contributed by atoms with Gasteiger partial charge in [0.1, 0.15) is 0 Å². The summed E-state index contributed by atoms with van der Waals surface area (Å²) >= 11 is 0. The number of carbonyl (C=O) groups excluding carboxylic acids is 1. The molecule has 0 fully saturated rings. The number of nitrogens with one attached hydrogen (secondary N) is 2. The first-order chi connectivity index (χ1) is 11.5. The number of hydrogen-bond acceptors (Lipinski definition) is 2. The summed E-state index contributed by atoms with van der Waals surface area (Å²) in [7, 11) is -0.978. The van der Waals surface area contributed by atoms with Crippen LogP contribution in [0.4, 0.5) is 4.79 Å². The fraction of sp³-hybridized carbons (Fsp3) is 0.316. The van der Waals surface area contributed by atoms with Crippen LogP contribution in [0.25, 0.3) is 0 Å². The number of urea groups is 1. The molecular formula is C19H22N2O2S. The van der Waals surface area contributed by atoms with Crippen molar-refractivity contribution in [1.29, 1.82) is 0 Å². The Hall–Kier alpha value is -2.14. The number of amides is 2. The van der Waals surface area contributed by atoms with Gasteiger partial charge < -0.3 is 10.6 Å². The molecule has 0 bridgehead atoms. The second kappa shape index (κ2) is 7.18. The third-order valence-corrected chi connectivity index (χ3v) is 5.43. The molecule has 2 aromatic rings. The summed E-state index contributed by atoms with van der Waals surface area (Å²) in [5, 5.41) is 5.99. The van der Waals surface area contributed by atoms with Gasteiger partial charge in [-0.15, -0.1) is 0 Å². The highest BCUT2D eigenvalue weighted by Crippen LogP contribution is 2.35. The van der Waals surface area contributed by atoms with Crippen LogP contribution in [0.5, 0.6) is 0 Å². The zero-order valence-electron chi connectivity index (χ0n) is 13.9. The van der Waals surface area contributed by atoms with Crippen LogP contribution in [0, 0.1) is 5.92 Å². The number of rotatable bonds is 4. The van der Waals surface area contributed by atoms with E-state index in [1.165, 1.54) is 11.1 Å². The Morgan fingerprint density at radius 2 is 1.88 bits per heavy atom. The number of benzene rings is 2. The van der Waals surface area contributed by atoms with Gasteiger partial charge in [-0.2, -0.15) is 0 Å². The maximum Gasteiger partial charge on any atom is 0.315 e. The average Bonchev–Trinajstić information content (AvgIpc) is 2.89. The van der Waals surface area contributed by atoms with Crippen molar-refractivity contribution >= 4 is 16.8 Å². The molecule has 0 aromatic heterocycles. The number of hydrogen-bond donors (Lipinski definition) is 2. The van der Waals surface area contributed by atoms with E-state index in [2.05, 4.69) is 29.7 Å². The van der Waals surface area contributed by atoms with Crippen LogP contribution >= 0.6 is 0 Å². The van der Waals surface area contributed by atoms with E-state index < -0.39 is 10.8 Å². The highest BCUT2D eigenvalue weighted by atomic mass is 32.2. The second-order valence-electron chi connectivity index (χ2n) is 6.28. The van der Waals surface area contributed by atoms with E-state index in [1.807, 2.05) is 36.4 Å². The predicted octanol–water partition coefficient (Wildman–Crippen LogP) is 3.16. The Morgan fingerprint density at radius 1 is 1.17 bits per heavy atom. The summed E-state index contributed by atoms with van der Waals surface area (Å²) in [5.41, 5.74) is 3.52. The molecule has 2 aromatic carbocycles. The van der Waals surface area contributed by atoms with E-state index in [0.29, 0.717) is 12.5 Å². The van der Waals surface area contributed by atoms with Crippen LogP contribution in [-0.4, -0.2) is 16.5 Å². The second-order valence-corrected chi connectivity index (χ2v) is 7.66. The maximum atomic E-state index is 12.2. The fourth-order valence-electron chi connectivity index (χ4n) is 3.19. The lowest BCUT2D eigenvalue weighted by Crippen LogP contribution is -2.38. The van der Waals surface area contributed by atoms with Crippen molar-refractivity contribution in [1.82, 2.24) is 10.6 Å². The monoisotopic (exact) mass is 342 g/mol. The molecule has 5 heteroatoms. The Labute approximate surface area is 145 Å². The van der Waals surface area contributed by atoms with E-state index >= 15 is 0 Å². The van der Waals surface area contributed by atoms with Gasteiger partial charge in [0.15, 0.2) is 0 Å². The van der Waals surface area contributed by atoms with E-state index in [-0.39, 0.29) is 12.1 Å². The van der Waals surface area contributed by atoms with Gasteiger partial charge >= 0.3 is 6.03 Å². The summed E-state index contributed by atoms with van der Waals surface area (Å²) in [6, 6.07) is 15.6. The molecule has 0 heterocycles. The lowest BCUT2D eigenvalue weighted by atomic mass is 10.0. The molecule has 2 N–H and O–H groups in total. The molecule has 3 atom stereocenters. The molecule has 4 nitrogen and oxygen atoms in total. The highest BCUT2D eigenvalue weighted by molar-refractivity contribution is 7.84. The molecule has 24 heavy (non-hydrogen) atoms. The standard InChI is InChI=1S/C19H22N2O2S/c1-13-11-15-5-3-4-6-17(15)18(13)21-19(22)20-12-14-7-9-16(10-8-14)24(2)23/h3-10,13,18H,11-12H2,1-2H3,(H2,20,21,22)/t13-,18-,24+/m1/s1. The van der Waals surface area contributed by atoms with Crippen LogP contribution in [-0.2, 0) is 23.8 Å². The molecule has 0 aliphatic heterocycles. The van der Waals surface area contributed by atoms with Gasteiger partial charge in [-0.05, 0) is 41.2 Å². The molecule has 0 unspecified atom stereocenters. The maximum absolute atomic E-state index is 12.2. The zero-order chi connectivity index (χ0) is 17.1. The SMILES string of the molecule is C[C@@H]1Cc2ccccc2[C@@H]1NC(=O)NCc1ccc([S@](C)=O)cc1. The van der Waals surface area contributed by atoms with Crippen molar-refractivity contribution in [2.75, 3.05) is 6.26 Å². The van der Waals surface area contributed by atoms with Crippen molar-refractivity contribution in [3.8, 4) is 0 Å². The van der Waals surface area contributed by atoms with Gasteiger partial charge in [0.2, 0.25) is 0 Å². The molecule has 3 rings (SSSR count). The lowest BCUT2D eigenvalue weighted by Gasteiger charge is -2.19. The van der Waals surface area contributed by atoms with Crippen LogP contribution in [0.15, 0.2) is 53.4 Å². The van der Waals surface area contributed by atoms with Crippen molar-refractivity contribution in [2.24, 2.45) is 5.92 Å². The van der Waals surface area contributed by atoms with E-state index in [0.717, 1.165) is 16.9 Å². The highest BCUT2D eigenvalue weighted by Gasteiger charge is 2.29. The van der Waals surface area contributed by atoms with Crippen LogP contribution in [0.2, 0.25) is 0 Å². The lowest BCUT2D eigenvalue weighted by molar-refractivity contribution is 0.233. The molecule has 1 aliphatic carbocycles. The number of fused-ring (bicyclic) bond motifs is 1. The smallest absolute Gasteiger partial charge is 0.315 e. The third kappa shape index (κ3) is 3.67. The van der Waals surface area contributed by atoms with Gasteiger partial charge in [-0.1, -0.05) is 43.3 Å². The quantitative estimate of drug-likeness (QED) is 0.897. The van der Waals surface area contributed by atoms with Gasteiger partial charge in [0.05, 0.1) is 6.04 Å². The minimum Gasteiger partial charge on any atom is -0.334 e. The third-order valence-electron chi connectivity index (χ3n) is 4.50. The van der Waals surface area contributed by atoms with E-state index in [1.54, 1.807) is 6.26 Å². The Kier molecular flexibility index (Phi) is 5.00. The summed E-state index contributed by atoms with van der Waals surface area (Å²) in [6.45, 7) is 2.61. The Morgan fingerprint density at radius 3 is 2.58 bits per heavy atom. The molecule has 0 spiro atoms. The first-order valence-corrected chi connectivity index (χ1v) is 9.65. The fourth-order valence-corrected chi connectivity index (χ4v) is 3.71. The normalized spacial score (nSPS) is 20.2. The predicted molar refractivity (Wildman–Crippen MR) is 96.2 cm³/mol. The van der Waals surface area contributed by atoms with Crippen LogP contribution < -0.4 is 10.6 Å². The molecule has 1 aliphatic rings. The summed E-state index contributed by atoms with van der Waals surface area (Å²) < 4.78 is 11.4. The largest absolute Gasteiger partial charge is 0.334 e.